The fourth-order valence-electron chi connectivity index (χ4n) is 2.74. The minimum atomic E-state index is 0.0722. The van der Waals surface area contributed by atoms with Crippen LogP contribution in [0.15, 0.2) is 29.1 Å². The molecule has 0 aromatic carbocycles. The number of rotatable bonds is 6. The molecule has 2 heterocycles. The van der Waals surface area contributed by atoms with Gasteiger partial charge < -0.3 is 10.2 Å². The Bertz CT molecular complexity index is 618. The highest BCUT2D eigenvalue weighted by atomic mass is 32.1. The smallest absolute Gasteiger partial charge is 0.318 e. The molecule has 2 aromatic heterocycles. The van der Waals surface area contributed by atoms with Crippen molar-refractivity contribution in [3.05, 3.63) is 39.0 Å². The van der Waals surface area contributed by atoms with Crippen molar-refractivity contribution in [1.29, 1.82) is 0 Å². The number of carbonyl (C=O) groups excluding carboxylic acids is 1. The molecule has 0 saturated heterocycles. The third-order valence-electron chi connectivity index (χ3n) is 4.24. The van der Waals surface area contributed by atoms with E-state index < -0.39 is 0 Å². The van der Waals surface area contributed by atoms with Gasteiger partial charge in [-0.3, -0.25) is 0 Å². The van der Waals surface area contributed by atoms with Crippen LogP contribution < -0.4 is 5.32 Å². The van der Waals surface area contributed by atoms with E-state index in [0.29, 0.717) is 12.0 Å². The first kappa shape index (κ1) is 14.2. The van der Waals surface area contributed by atoms with Crippen LogP contribution in [-0.2, 0) is 6.54 Å². The second-order valence-electron chi connectivity index (χ2n) is 6.07. The summed E-state index contributed by atoms with van der Waals surface area (Å²) in [6, 6.07) is 4.73. The molecule has 2 amide bonds. The van der Waals surface area contributed by atoms with Crippen LogP contribution in [0.25, 0.3) is 0 Å². The summed E-state index contributed by atoms with van der Waals surface area (Å²) in [5.41, 5.74) is 0. The number of nitrogens with zero attached hydrogens (tertiary/aromatic N) is 2. The van der Waals surface area contributed by atoms with Crippen LogP contribution in [0.4, 0.5) is 4.79 Å². The Morgan fingerprint density at radius 2 is 2.18 bits per heavy atom. The van der Waals surface area contributed by atoms with Gasteiger partial charge in [0.15, 0.2) is 0 Å². The van der Waals surface area contributed by atoms with E-state index in [4.69, 9.17) is 0 Å². The van der Waals surface area contributed by atoms with Gasteiger partial charge in [-0.1, -0.05) is 6.07 Å². The van der Waals surface area contributed by atoms with Gasteiger partial charge >= 0.3 is 6.03 Å². The van der Waals surface area contributed by atoms with Crippen molar-refractivity contribution in [3.8, 4) is 0 Å². The van der Waals surface area contributed by atoms with E-state index in [1.165, 1.54) is 17.7 Å². The van der Waals surface area contributed by atoms with E-state index in [1.807, 2.05) is 22.5 Å². The number of carbonyl (C=O) groups is 1. The molecule has 2 aliphatic rings. The maximum absolute atomic E-state index is 12.8. The lowest BCUT2D eigenvalue weighted by Gasteiger charge is -2.25. The maximum Gasteiger partial charge on any atom is 0.318 e. The minimum absolute atomic E-state index is 0.0722. The molecule has 1 N–H and O–H groups in total. The summed E-state index contributed by atoms with van der Waals surface area (Å²) in [5, 5.41) is 8.36. The van der Waals surface area contributed by atoms with Crippen LogP contribution in [-0.4, -0.2) is 22.0 Å². The molecule has 2 aromatic rings. The van der Waals surface area contributed by atoms with E-state index in [2.05, 4.69) is 21.7 Å². The summed E-state index contributed by atoms with van der Waals surface area (Å²) in [6.45, 7) is 0.726. The molecule has 2 fully saturated rings. The summed E-state index contributed by atoms with van der Waals surface area (Å²) < 4.78 is 0. The first-order valence-electron chi connectivity index (χ1n) is 7.80. The predicted molar refractivity (Wildman–Crippen MR) is 89.0 cm³/mol. The lowest BCUT2D eigenvalue weighted by atomic mass is 10.2. The summed E-state index contributed by atoms with van der Waals surface area (Å²) in [4.78, 5) is 20.5. The third-order valence-corrected chi connectivity index (χ3v) is 5.96. The van der Waals surface area contributed by atoms with E-state index in [-0.39, 0.29) is 12.1 Å². The van der Waals surface area contributed by atoms with Gasteiger partial charge in [0.25, 0.3) is 0 Å². The second-order valence-corrected chi connectivity index (χ2v) is 8.03. The molecule has 116 valence electrons. The predicted octanol–water partition coefficient (Wildman–Crippen LogP) is 4.03. The average molecular weight is 333 g/mol. The van der Waals surface area contributed by atoms with Crippen LogP contribution in [0.3, 0.4) is 0 Å². The summed E-state index contributed by atoms with van der Waals surface area (Å²) in [6.07, 6.45) is 6.47. The van der Waals surface area contributed by atoms with Crippen molar-refractivity contribution in [2.75, 3.05) is 0 Å². The van der Waals surface area contributed by atoms with Crippen molar-refractivity contribution in [2.45, 2.75) is 44.3 Å². The number of thiazole rings is 1. The van der Waals surface area contributed by atoms with Gasteiger partial charge in [-0.2, -0.15) is 0 Å². The Morgan fingerprint density at radius 1 is 1.32 bits per heavy atom. The van der Waals surface area contributed by atoms with Crippen LogP contribution in [0.2, 0.25) is 0 Å². The van der Waals surface area contributed by atoms with E-state index in [0.717, 1.165) is 24.4 Å². The zero-order valence-corrected chi connectivity index (χ0v) is 13.9. The molecule has 0 spiro atoms. The zero-order chi connectivity index (χ0) is 14.9. The largest absolute Gasteiger partial charge is 0.328 e. The summed E-state index contributed by atoms with van der Waals surface area (Å²) >= 11 is 3.36. The monoisotopic (exact) mass is 333 g/mol. The quantitative estimate of drug-likeness (QED) is 0.867. The molecule has 2 saturated carbocycles. The Balaban J connectivity index is 1.46. The van der Waals surface area contributed by atoms with Gasteiger partial charge in [-0.05, 0) is 43.0 Å². The summed E-state index contributed by atoms with van der Waals surface area (Å²) in [7, 11) is 0. The zero-order valence-electron chi connectivity index (χ0n) is 12.3. The lowest BCUT2D eigenvalue weighted by Crippen LogP contribution is -2.43. The number of amides is 2. The first-order valence-corrected chi connectivity index (χ1v) is 9.56. The maximum atomic E-state index is 12.8. The normalized spacial score (nSPS) is 18.9. The molecule has 0 bridgehead atoms. The Hall–Kier alpha value is -1.40. The molecular weight excluding hydrogens is 314 g/mol. The molecule has 0 aliphatic heterocycles. The van der Waals surface area contributed by atoms with Gasteiger partial charge in [0.2, 0.25) is 0 Å². The highest BCUT2D eigenvalue weighted by molar-refractivity contribution is 7.10. The number of urea groups is 1. The van der Waals surface area contributed by atoms with Crippen LogP contribution in [0, 0.1) is 5.92 Å². The molecule has 6 heteroatoms. The fourth-order valence-corrected chi connectivity index (χ4v) is 4.22. The van der Waals surface area contributed by atoms with Gasteiger partial charge in [-0.15, -0.1) is 22.7 Å². The number of thiophene rings is 1. The van der Waals surface area contributed by atoms with Crippen LogP contribution >= 0.6 is 22.7 Å². The van der Waals surface area contributed by atoms with Crippen LogP contribution in [0.5, 0.6) is 0 Å². The van der Waals surface area contributed by atoms with Crippen LogP contribution in [0.1, 0.15) is 41.6 Å². The number of nitrogens with one attached hydrogen (secondary N) is 1. The molecule has 1 atom stereocenters. The van der Waals surface area contributed by atoms with Crippen molar-refractivity contribution in [2.24, 2.45) is 5.92 Å². The molecule has 4 rings (SSSR count). The molecule has 0 unspecified atom stereocenters. The van der Waals surface area contributed by atoms with Crippen molar-refractivity contribution < 1.29 is 4.79 Å². The number of hydrogen-bond donors (Lipinski definition) is 1. The third kappa shape index (κ3) is 3.17. The average Bonchev–Trinajstić information content (AvgIpc) is 3.43. The number of hydrogen-bond acceptors (Lipinski definition) is 4. The Labute approximate surface area is 138 Å². The molecular formula is C16H19N3OS2. The van der Waals surface area contributed by atoms with Crippen molar-refractivity contribution in [3.63, 3.8) is 0 Å². The summed E-state index contributed by atoms with van der Waals surface area (Å²) in [5.74, 6) is 0.567. The SMILES string of the molecule is O=C(N[C@@H](c1nccs1)C1CC1)N(Cc1cccs1)C1CC1. The van der Waals surface area contributed by atoms with Gasteiger partial charge in [0.05, 0.1) is 12.6 Å². The first-order chi connectivity index (χ1) is 10.8. The van der Waals surface area contributed by atoms with Gasteiger partial charge in [-0.25, -0.2) is 9.78 Å². The highest BCUT2D eigenvalue weighted by Gasteiger charge is 2.38. The van der Waals surface area contributed by atoms with Gasteiger partial charge in [0.1, 0.15) is 5.01 Å². The Morgan fingerprint density at radius 3 is 2.77 bits per heavy atom. The molecule has 2 aliphatic carbocycles. The molecule has 0 radical (unpaired) electrons. The lowest BCUT2D eigenvalue weighted by molar-refractivity contribution is 0.187. The molecule has 4 nitrogen and oxygen atoms in total. The van der Waals surface area contributed by atoms with Crippen molar-refractivity contribution >= 4 is 28.7 Å². The van der Waals surface area contributed by atoms with Gasteiger partial charge in [0, 0.05) is 22.5 Å². The fraction of sp³-hybridized carbons (Fsp3) is 0.500. The van der Waals surface area contributed by atoms with Crippen molar-refractivity contribution in [1.82, 2.24) is 15.2 Å². The highest BCUT2D eigenvalue weighted by Crippen LogP contribution is 2.42. The van der Waals surface area contributed by atoms with E-state index >= 15 is 0 Å². The van der Waals surface area contributed by atoms with E-state index in [9.17, 15) is 4.79 Å². The minimum Gasteiger partial charge on any atom is -0.328 e. The standard InChI is InChI=1S/C16H19N3OS2/c20-16(18-14(11-3-4-11)15-17-7-9-22-15)19(12-5-6-12)10-13-2-1-8-21-13/h1-2,7-9,11-12,14H,3-6,10H2,(H,18,20)/t14-/m1/s1. The number of aromatic nitrogens is 1. The Kier molecular flexibility index (Phi) is 3.88. The molecule has 22 heavy (non-hydrogen) atoms. The second kappa shape index (κ2) is 6.01. The topological polar surface area (TPSA) is 45.2 Å². The van der Waals surface area contributed by atoms with E-state index in [1.54, 1.807) is 22.7 Å².